The van der Waals surface area contributed by atoms with Crippen LogP contribution in [-0.4, -0.2) is 15.8 Å². The van der Waals surface area contributed by atoms with E-state index in [2.05, 4.69) is 31.0 Å². The van der Waals surface area contributed by atoms with Crippen LogP contribution >= 0.6 is 0 Å². The minimum Gasteiger partial charge on any atom is -0.332 e. The van der Waals surface area contributed by atoms with E-state index < -0.39 is 0 Å². The Bertz CT molecular complexity index is 694. The van der Waals surface area contributed by atoms with Crippen LogP contribution < -0.4 is 0 Å². The molecule has 2 aromatic rings. The Morgan fingerprint density at radius 3 is 2.43 bits per heavy atom. The topological polar surface area (TPSA) is 33.2 Å². The number of benzene rings is 1. The van der Waals surface area contributed by atoms with Gasteiger partial charge < -0.3 is 4.90 Å². The van der Waals surface area contributed by atoms with Gasteiger partial charge in [-0.1, -0.05) is 50.2 Å². The largest absolute Gasteiger partial charge is 0.332 e. The fourth-order valence-electron chi connectivity index (χ4n) is 3.01. The molecule has 23 heavy (non-hydrogen) atoms. The number of nitrogens with zero attached hydrogens (tertiary/aromatic N) is 2. The predicted octanol–water partition coefficient (Wildman–Crippen LogP) is 3.96. The molecule has 1 aliphatic rings. The molecule has 0 radical (unpaired) electrons. The number of carbonyl (C=O) groups excluding carboxylic acids is 1. The number of hydrogen-bond donors (Lipinski definition) is 0. The average molecular weight is 308 g/mol. The van der Waals surface area contributed by atoms with Gasteiger partial charge in [-0.25, -0.2) is 0 Å². The molecule has 3 nitrogen and oxygen atoms in total. The predicted molar refractivity (Wildman–Crippen MR) is 91.6 cm³/mol. The molecule has 0 bridgehead atoms. The molecule has 1 aromatic heterocycles. The molecule has 1 amide bonds. The minimum atomic E-state index is 0.145. The van der Waals surface area contributed by atoms with Gasteiger partial charge in [-0.15, -0.1) is 0 Å². The summed E-state index contributed by atoms with van der Waals surface area (Å²) in [5.41, 5.74) is 3.24. The van der Waals surface area contributed by atoms with Gasteiger partial charge in [0.25, 0.3) is 0 Å². The summed E-state index contributed by atoms with van der Waals surface area (Å²) in [6.07, 6.45) is 0.984. The second-order valence-electron chi connectivity index (χ2n) is 7.20. The van der Waals surface area contributed by atoms with Gasteiger partial charge in [0.2, 0.25) is 5.91 Å². The van der Waals surface area contributed by atoms with Gasteiger partial charge in [-0.2, -0.15) is 0 Å². The Kier molecular flexibility index (Phi) is 4.20. The first-order valence-corrected chi connectivity index (χ1v) is 8.21. The molecule has 1 aromatic carbocycles. The van der Waals surface area contributed by atoms with Crippen LogP contribution in [0.15, 0.2) is 48.5 Å². The normalized spacial score (nSPS) is 18.5. The van der Waals surface area contributed by atoms with Crippen molar-refractivity contribution in [2.24, 2.45) is 11.3 Å². The molecule has 120 valence electrons. The quantitative estimate of drug-likeness (QED) is 0.837. The van der Waals surface area contributed by atoms with Crippen LogP contribution in [-0.2, 0) is 17.9 Å². The van der Waals surface area contributed by atoms with Crippen molar-refractivity contribution in [2.75, 3.05) is 0 Å². The summed E-state index contributed by atoms with van der Waals surface area (Å²) < 4.78 is 0. The average Bonchev–Trinajstić information content (AvgIpc) is 3.16. The third-order valence-corrected chi connectivity index (χ3v) is 4.64. The summed E-state index contributed by atoms with van der Waals surface area (Å²) in [6.45, 7) is 7.53. The molecule has 3 rings (SSSR count). The minimum absolute atomic E-state index is 0.145. The Hall–Kier alpha value is -2.16. The highest BCUT2D eigenvalue weighted by molar-refractivity contribution is 5.82. The molecular weight excluding hydrogens is 284 g/mol. The van der Waals surface area contributed by atoms with Crippen molar-refractivity contribution in [3.05, 3.63) is 65.5 Å². The summed E-state index contributed by atoms with van der Waals surface area (Å²) >= 11 is 0. The number of hydrogen-bond acceptors (Lipinski definition) is 2. The van der Waals surface area contributed by atoms with Crippen LogP contribution in [0.3, 0.4) is 0 Å². The summed E-state index contributed by atoms with van der Waals surface area (Å²) in [5, 5.41) is 0. The van der Waals surface area contributed by atoms with Crippen molar-refractivity contribution in [1.82, 2.24) is 9.88 Å². The zero-order valence-corrected chi connectivity index (χ0v) is 14.1. The second-order valence-corrected chi connectivity index (χ2v) is 7.20. The van der Waals surface area contributed by atoms with Crippen molar-refractivity contribution in [3.63, 3.8) is 0 Å². The first-order valence-electron chi connectivity index (χ1n) is 8.21. The number of pyridine rings is 1. The van der Waals surface area contributed by atoms with Gasteiger partial charge >= 0.3 is 0 Å². The van der Waals surface area contributed by atoms with Crippen LogP contribution in [0.5, 0.6) is 0 Å². The third-order valence-electron chi connectivity index (χ3n) is 4.64. The molecule has 1 atom stereocenters. The van der Waals surface area contributed by atoms with Crippen LogP contribution in [0.1, 0.15) is 37.2 Å². The summed E-state index contributed by atoms with van der Waals surface area (Å²) in [6, 6.07) is 16.2. The highest BCUT2D eigenvalue weighted by Gasteiger charge is 2.51. The smallest absolute Gasteiger partial charge is 0.226 e. The highest BCUT2D eigenvalue weighted by Crippen LogP contribution is 2.52. The molecule has 0 spiro atoms. The maximum atomic E-state index is 12.9. The molecule has 1 heterocycles. The molecular formula is C20H24N2O. The van der Waals surface area contributed by atoms with Crippen LogP contribution in [0.4, 0.5) is 0 Å². The van der Waals surface area contributed by atoms with Crippen molar-refractivity contribution >= 4 is 5.91 Å². The van der Waals surface area contributed by atoms with Crippen LogP contribution in [0.25, 0.3) is 0 Å². The lowest BCUT2D eigenvalue weighted by Crippen LogP contribution is -2.32. The first kappa shape index (κ1) is 15.7. The number of aromatic nitrogens is 1. The summed E-state index contributed by atoms with van der Waals surface area (Å²) in [4.78, 5) is 19.4. The second kappa shape index (κ2) is 6.15. The van der Waals surface area contributed by atoms with E-state index in [-0.39, 0.29) is 17.2 Å². The van der Waals surface area contributed by atoms with Crippen molar-refractivity contribution in [3.8, 4) is 0 Å². The van der Waals surface area contributed by atoms with Gasteiger partial charge in [0, 0.05) is 18.2 Å². The zero-order chi connectivity index (χ0) is 16.4. The van der Waals surface area contributed by atoms with E-state index in [9.17, 15) is 4.79 Å². The van der Waals surface area contributed by atoms with Gasteiger partial charge in [-0.05, 0) is 36.5 Å². The van der Waals surface area contributed by atoms with Gasteiger partial charge in [-0.3, -0.25) is 9.78 Å². The number of amides is 1. The van der Waals surface area contributed by atoms with Crippen molar-refractivity contribution in [1.29, 1.82) is 0 Å². The lowest BCUT2D eigenvalue weighted by atomic mass is 10.1. The van der Waals surface area contributed by atoms with Crippen molar-refractivity contribution < 1.29 is 4.79 Å². The van der Waals surface area contributed by atoms with E-state index in [0.717, 1.165) is 23.4 Å². The standard InChI is InChI=1S/C20H24N2O/c1-15-8-7-11-17(21-15)14-22(13-16-9-5-4-6-10-16)19(23)18-12-20(18,2)3/h4-11,18H,12-14H2,1-3H3. The van der Waals surface area contributed by atoms with Crippen molar-refractivity contribution in [2.45, 2.75) is 40.3 Å². The van der Waals surface area contributed by atoms with E-state index in [1.54, 1.807) is 0 Å². The Labute approximate surface area is 138 Å². The van der Waals surface area contributed by atoms with E-state index in [0.29, 0.717) is 13.1 Å². The molecule has 0 saturated heterocycles. The van der Waals surface area contributed by atoms with E-state index in [1.165, 1.54) is 0 Å². The van der Waals surface area contributed by atoms with E-state index >= 15 is 0 Å². The molecule has 3 heteroatoms. The number of aryl methyl sites for hydroxylation is 1. The van der Waals surface area contributed by atoms with Crippen LogP contribution in [0.2, 0.25) is 0 Å². The maximum Gasteiger partial charge on any atom is 0.226 e. The van der Waals surface area contributed by atoms with E-state index in [4.69, 9.17) is 0 Å². The van der Waals surface area contributed by atoms with Crippen LogP contribution in [0, 0.1) is 18.3 Å². The summed E-state index contributed by atoms with van der Waals surface area (Å²) in [5.74, 6) is 0.401. The fourth-order valence-corrected chi connectivity index (χ4v) is 3.01. The van der Waals surface area contributed by atoms with Gasteiger partial charge in [0.05, 0.1) is 12.2 Å². The monoisotopic (exact) mass is 308 g/mol. The lowest BCUT2D eigenvalue weighted by Gasteiger charge is -2.23. The third kappa shape index (κ3) is 3.79. The SMILES string of the molecule is Cc1cccc(CN(Cc2ccccc2)C(=O)C2CC2(C)C)n1. The zero-order valence-electron chi connectivity index (χ0n) is 14.1. The van der Waals surface area contributed by atoms with Gasteiger partial charge in [0.15, 0.2) is 0 Å². The highest BCUT2D eigenvalue weighted by atomic mass is 16.2. The molecule has 0 N–H and O–H groups in total. The Morgan fingerprint density at radius 2 is 1.83 bits per heavy atom. The molecule has 1 fully saturated rings. The fraction of sp³-hybridized carbons (Fsp3) is 0.400. The number of carbonyl (C=O) groups is 1. The van der Waals surface area contributed by atoms with E-state index in [1.807, 2.05) is 48.2 Å². The molecule has 0 aliphatic heterocycles. The first-order chi connectivity index (χ1) is 11.0. The molecule has 1 saturated carbocycles. The summed E-state index contributed by atoms with van der Waals surface area (Å²) in [7, 11) is 0. The number of rotatable bonds is 5. The Balaban J connectivity index is 1.79. The molecule has 1 unspecified atom stereocenters. The Morgan fingerprint density at radius 1 is 1.13 bits per heavy atom. The van der Waals surface area contributed by atoms with Gasteiger partial charge in [0.1, 0.15) is 0 Å². The maximum absolute atomic E-state index is 12.9. The molecule has 1 aliphatic carbocycles. The lowest BCUT2D eigenvalue weighted by molar-refractivity contribution is -0.134.